The van der Waals surface area contributed by atoms with E-state index in [0.29, 0.717) is 12.0 Å². The van der Waals surface area contributed by atoms with Crippen LogP contribution in [0.4, 0.5) is 4.39 Å². The fourth-order valence-corrected chi connectivity index (χ4v) is 2.10. The summed E-state index contributed by atoms with van der Waals surface area (Å²) in [6, 6.07) is 7.07. The molecule has 1 aromatic carbocycles. The molecule has 0 aliphatic carbocycles. The molecular formula is C13H13BrFNO. The lowest BCUT2D eigenvalue weighted by molar-refractivity contribution is 0.531. The van der Waals surface area contributed by atoms with Crippen molar-refractivity contribution < 1.29 is 8.81 Å². The van der Waals surface area contributed by atoms with Crippen LogP contribution in [0.25, 0.3) is 0 Å². The summed E-state index contributed by atoms with van der Waals surface area (Å²) in [5.74, 6) is -0.192. The minimum atomic E-state index is -0.192. The molecule has 1 N–H and O–H groups in total. The molecule has 2 nitrogen and oxygen atoms in total. The van der Waals surface area contributed by atoms with Crippen molar-refractivity contribution in [1.29, 1.82) is 0 Å². The lowest BCUT2D eigenvalue weighted by Gasteiger charge is -2.14. The van der Waals surface area contributed by atoms with Crippen molar-refractivity contribution in [2.24, 2.45) is 0 Å². The van der Waals surface area contributed by atoms with Crippen LogP contribution in [0, 0.1) is 5.82 Å². The number of hydrogen-bond donors (Lipinski definition) is 1. The SMILES string of the molecule is CNC(Cc1ccc(Br)cc1F)c1ccoc1. The summed E-state index contributed by atoms with van der Waals surface area (Å²) < 4.78 is 19.5. The van der Waals surface area contributed by atoms with Crippen LogP contribution < -0.4 is 5.32 Å². The van der Waals surface area contributed by atoms with Gasteiger partial charge in [0.15, 0.2) is 0 Å². The van der Waals surface area contributed by atoms with Crippen LogP contribution in [-0.2, 0) is 6.42 Å². The van der Waals surface area contributed by atoms with E-state index >= 15 is 0 Å². The lowest BCUT2D eigenvalue weighted by Crippen LogP contribution is -2.18. The molecule has 0 radical (unpaired) electrons. The maximum Gasteiger partial charge on any atom is 0.127 e. The number of nitrogens with one attached hydrogen (secondary N) is 1. The maximum atomic E-state index is 13.7. The first-order chi connectivity index (χ1) is 8.20. The van der Waals surface area contributed by atoms with Gasteiger partial charge in [0.2, 0.25) is 0 Å². The highest BCUT2D eigenvalue weighted by atomic mass is 79.9. The standard InChI is InChI=1S/C13H13BrFNO/c1-16-13(10-4-5-17-8-10)6-9-2-3-11(14)7-12(9)15/h2-5,7-8,13,16H,6H2,1H3. The van der Waals surface area contributed by atoms with Gasteiger partial charge in [-0.25, -0.2) is 4.39 Å². The first kappa shape index (κ1) is 12.3. The largest absolute Gasteiger partial charge is 0.472 e. The van der Waals surface area contributed by atoms with E-state index in [1.807, 2.05) is 19.2 Å². The quantitative estimate of drug-likeness (QED) is 0.931. The van der Waals surface area contributed by atoms with Crippen molar-refractivity contribution in [1.82, 2.24) is 5.32 Å². The van der Waals surface area contributed by atoms with Crippen molar-refractivity contribution in [3.63, 3.8) is 0 Å². The van der Waals surface area contributed by atoms with Crippen LogP contribution in [0.5, 0.6) is 0 Å². The number of rotatable bonds is 4. The molecule has 0 amide bonds. The maximum absolute atomic E-state index is 13.7. The lowest BCUT2D eigenvalue weighted by atomic mass is 10.0. The normalized spacial score (nSPS) is 12.6. The van der Waals surface area contributed by atoms with Gasteiger partial charge in [0.05, 0.1) is 12.5 Å². The van der Waals surface area contributed by atoms with Crippen LogP contribution >= 0.6 is 15.9 Å². The molecular weight excluding hydrogens is 285 g/mol. The molecule has 1 heterocycles. The number of likely N-dealkylation sites (N-methyl/N-ethyl adjacent to an activating group) is 1. The molecule has 0 bridgehead atoms. The van der Waals surface area contributed by atoms with Gasteiger partial charge in [-0.1, -0.05) is 22.0 Å². The van der Waals surface area contributed by atoms with E-state index in [2.05, 4.69) is 21.2 Å². The minimum absolute atomic E-state index is 0.0597. The van der Waals surface area contributed by atoms with Crippen molar-refractivity contribution in [2.45, 2.75) is 12.5 Å². The summed E-state index contributed by atoms with van der Waals surface area (Å²) in [6.07, 6.45) is 3.89. The highest BCUT2D eigenvalue weighted by molar-refractivity contribution is 9.10. The van der Waals surface area contributed by atoms with Crippen molar-refractivity contribution in [3.8, 4) is 0 Å². The van der Waals surface area contributed by atoms with Gasteiger partial charge in [0.25, 0.3) is 0 Å². The zero-order chi connectivity index (χ0) is 12.3. The molecule has 0 fully saturated rings. The highest BCUT2D eigenvalue weighted by Gasteiger charge is 2.13. The van der Waals surface area contributed by atoms with E-state index < -0.39 is 0 Å². The van der Waals surface area contributed by atoms with Crippen LogP contribution in [0.3, 0.4) is 0 Å². The summed E-state index contributed by atoms with van der Waals surface area (Å²) in [6.45, 7) is 0. The van der Waals surface area contributed by atoms with Crippen LogP contribution in [-0.4, -0.2) is 7.05 Å². The molecule has 0 aliphatic rings. The predicted octanol–water partition coefficient (Wildman–Crippen LogP) is 3.68. The van der Waals surface area contributed by atoms with E-state index in [1.54, 1.807) is 18.6 Å². The van der Waals surface area contributed by atoms with Gasteiger partial charge in [-0.3, -0.25) is 0 Å². The van der Waals surface area contributed by atoms with Crippen molar-refractivity contribution in [2.75, 3.05) is 7.05 Å². The van der Waals surface area contributed by atoms with Gasteiger partial charge in [0, 0.05) is 16.1 Å². The Morgan fingerprint density at radius 2 is 2.24 bits per heavy atom. The summed E-state index contributed by atoms with van der Waals surface area (Å²) >= 11 is 3.25. The Labute approximate surface area is 108 Å². The second kappa shape index (κ2) is 5.47. The highest BCUT2D eigenvalue weighted by Crippen LogP contribution is 2.22. The van der Waals surface area contributed by atoms with E-state index in [9.17, 15) is 4.39 Å². The van der Waals surface area contributed by atoms with E-state index in [4.69, 9.17) is 4.42 Å². The first-order valence-corrected chi connectivity index (χ1v) is 6.13. The van der Waals surface area contributed by atoms with E-state index in [1.165, 1.54) is 6.07 Å². The molecule has 90 valence electrons. The third-order valence-electron chi connectivity index (χ3n) is 2.73. The average Bonchev–Trinajstić information content (AvgIpc) is 2.81. The molecule has 17 heavy (non-hydrogen) atoms. The molecule has 1 aromatic heterocycles. The third-order valence-corrected chi connectivity index (χ3v) is 3.23. The minimum Gasteiger partial charge on any atom is -0.472 e. The Kier molecular flexibility index (Phi) is 3.97. The van der Waals surface area contributed by atoms with Gasteiger partial charge in [0.1, 0.15) is 5.82 Å². The van der Waals surface area contributed by atoms with Gasteiger partial charge in [-0.05, 0) is 37.2 Å². The van der Waals surface area contributed by atoms with Crippen LogP contribution in [0.15, 0.2) is 45.7 Å². The van der Waals surface area contributed by atoms with Gasteiger partial charge in [-0.2, -0.15) is 0 Å². The second-order valence-corrected chi connectivity index (χ2v) is 4.75. The van der Waals surface area contributed by atoms with Crippen LogP contribution in [0.1, 0.15) is 17.2 Å². The van der Waals surface area contributed by atoms with E-state index in [-0.39, 0.29) is 11.9 Å². The molecule has 0 saturated carbocycles. The average molecular weight is 298 g/mol. The molecule has 0 aliphatic heterocycles. The summed E-state index contributed by atoms with van der Waals surface area (Å²) in [7, 11) is 1.86. The molecule has 0 saturated heterocycles. The number of benzene rings is 1. The second-order valence-electron chi connectivity index (χ2n) is 3.84. The molecule has 1 atom stereocenters. The molecule has 4 heteroatoms. The summed E-state index contributed by atoms with van der Waals surface area (Å²) in [5.41, 5.74) is 1.71. The van der Waals surface area contributed by atoms with Gasteiger partial charge < -0.3 is 9.73 Å². The van der Waals surface area contributed by atoms with Gasteiger partial charge >= 0.3 is 0 Å². The summed E-state index contributed by atoms with van der Waals surface area (Å²) in [4.78, 5) is 0. The molecule has 0 spiro atoms. The Hall–Kier alpha value is -1.13. The number of hydrogen-bond acceptors (Lipinski definition) is 2. The van der Waals surface area contributed by atoms with E-state index in [0.717, 1.165) is 10.0 Å². The fraction of sp³-hybridized carbons (Fsp3) is 0.231. The smallest absolute Gasteiger partial charge is 0.127 e. The van der Waals surface area contributed by atoms with Crippen molar-refractivity contribution in [3.05, 3.63) is 58.2 Å². The fourth-order valence-electron chi connectivity index (χ4n) is 1.77. The third kappa shape index (κ3) is 2.96. The van der Waals surface area contributed by atoms with Crippen molar-refractivity contribution >= 4 is 15.9 Å². The molecule has 2 rings (SSSR count). The number of halogens is 2. The number of furan rings is 1. The molecule has 1 unspecified atom stereocenters. The van der Waals surface area contributed by atoms with Crippen LogP contribution in [0.2, 0.25) is 0 Å². The zero-order valence-electron chi connectivity index (χ0n) is 9.41. The Balaban J connectivity index is 2.19. The predicted molar refractivity (Wildman–Crippen MR) is 68.3 cm³/mol. The Morgan fingerprint density at radius 1 is 1.41 bits per heavy atom. The topological polar surface area (TPSA) is 25.2 Å². The molecule has 2 aromatic rings. The zero-order valence-corrected chi connectivity index (χ0v) is 11.0. The Bertz CT molecular complexity index is 484. The van der Waals surface area contributed by atoms with Gasteiger partial charge in [-0.15, -0.1) is 0 Å². The Morgan fingerprint density at radius 3 is 2.82 bits per heavy atom. The first-order valence-electron chi connectivity index (χ1n) is 5.34. The summed E-state index contributed by atoms with van der Waals surface area (Å²) in [5, 5.41) is 3.16. The monoisotopic (exact) mass is 297 g/mol.